The largest absolute Gasteiger partial charge is 0.433 e. The number of hydrazone groups is 1. The van der Waals surface area contributed by atoms with E-state index in [0.29, 0.717) is 30.6 Å². The number of furan rings is 1. The molecule has 19 heavy (non-hydrogen) atoms. The Morgan fingerprint density at radius 1 is 1.37 bits per heavy atom. The van der Waals surface area contributed by atoms with Crippen molar-refractivity contribution < 1.29 is 9.34 Å². The third-order valence-electron chi connectivity index (χ3n) is 2.05. The van der Waals surface area contributed by atoms with Gasteiger partial charge in [0.1, 0.15) is 10.7 Å². The number of hydrogen-bond donors (Lipinski definition) is 0. The number of allylic oxidation sites excluding steroid dienone is 1. The second-order valence-corrected chi connectivity index (χ2v) is 4.14. The van der Waals surface area contributed by atoms with Crippen LogP contribution >= 0.6 is 23.2 Å². The number of rotatable bonds is 8. The summed E-state index contributed by atoms with van der Waals surface area (Å²) in [5.41, 5.74) is 0. The SMILES string of the molecule is O=[N+]([O-])c1ccc(C=CC=NN(CCCl)CCCl)o1. The van der Waals surface area contributed by atoms with Crippen LogP contribution in [-0.2, 0) is 0 Å². The lowest BCUT2D eigenvalue weighted by molar-refractivity contribution is -0.402. The van der Waals surface area contributed by atoms with Gasteiger partial charge in [-0.2, -0.15) is 5.10 Å². The van der Waals surface area contributed by atoms with Gasteiger partial charge in [-0.1, -0.05) is 0 Å². The highest BCUT2D eigenvalue weighted by atomic mass is 35.5. The number of halogens is 2. The molecule has 1 aromatic rings. The molecule has 6 nitrogen and oxygen atoms in total. The Morgan fingerprint density at radius 3 is 2.58 bits per heavy atom. The van der Waals surface area contributed by atoms with E-state index in [0.717, 1.165) is 0 Å². The minimum atomic E-state index is -0.589. The standard InChI is InChI=1S/C11H13Cl2N3O3/c12-5-8-15(9-6-13)14-7-1-2-10-3-4-11(19-10)16(17)18/h1-4,7H,5-6,8-9H2. The minimum absolute atomic E-state index is 0.289. The Hall–Kier alpha value is -1.53. The van der Waals surface area contributed by atoms with E-state index in [4.69, 9.17) is 27.6 Å². The molecule has 104 valence electrons. The molecule has 0 aliphatic rings. The van der Waals surface area contributed by atoms with Gasteiger partial charge < -0.3 is 4.42 Å². The van der Waals surface area contributed by atoms with Crippen molar-refractivity contribution in [2.75, 3.05) is 24.8 Å². The molecular formula is C11H13Cl2N3O3. The van der Waals surface area contributed by atoms with Crippen molar-refractivity contribution in [2.24, 2.45) is 5.10 Å². The molecule has 1 rings (SSSR count). The first-order chi connectivity index (χ1) is 9.17. The van der Waals surface area contributed by atoms with Crippen molar-refractivity contribution in [2.45, 2.75) is 0 Å². The number of hydrogen-bond acceptors (Lipinski definition) is 5. The molecule has 1 aromatic heterocycles. The summed E-state index contributed by atoms with van der Waals surface area (Å²) < 4.78 is 4.94. The van der Waals surface area contributed by atoms with E-state index < -0.39 is 4.92 Å². The van der Waals surface area contributed by atoms with Gasteiger partial charge in [0.05, 0.1) is 6.07 Å². The lowest BCUT2D eigenvalue weighted by Crippen LogP contribution is -2.22. The van der Waals surface area contributed by atoms with Gasteiger partial charge in [-0.3, -0.25) is 15.1 Å². The first-order valence-corrected chi connectivity index (χ1v) is 6.56. The maximum Gasteiger partial charge on any atom is 0.433 e. The first kappa shape index (κ1) is 15.5. The van der Waals surface area contributed by atoms with Crippen LogP contribution in [0.15, 0.2) is 27.7 Å². The fourth-order valence-corrected chi connectivity index (χ4v) is 1.61. The minimum Gasteiger partial charge on any atom is -0.401 e. The zero-order valence-corrected chi connectivity index (χ0v) is 11.5. The van der Waals surface area contributed by atoms with Crippen LogP contribution in [0.4, 0.5) is 5.88 Å². The summed E-state index contributed by atoms with van der Waals surface area (Å²) in [6.45, 7) is 1.20. The Morgan fingerprint density at radius 2 is 2.05 bits per heavy atom. The van der Waals surface area contributed by atoms with Gasteiger partial charge in [0.15, 0.2) is 0 Å². The van der Waals surface area contributed by atoms with E-state index >= 15 is 0 Å². The molecule has 0 amide bonds. The smallest absolute Gasteiger partial charge is 0.401 e. The summed E-state index contributed by atoms with van der Waals surface area (Å²) in [6.07, 6.45) is 4.75. The summed E-state index contributed by atoms with van der Waals surface area (Å²) in [5, 5.41) is 16.3. The predicted octanol–water partition coefficient (Wildman–Crippen LogP) is 2.97. The third-order valence-corrected chi connectivity index (χ3v) is 2.39. The molecule has 0 N–H and O–H groups in total. The van der Waals surface area contributed by atoms with Crippen LogP contribution in [0.5, 0.6) is 0 Å². The molecule has 0 aromatic carbocycles. The summed E-state index contributed by atoms with van der Waals surface area (Å²) in [6, 6.07) is 2.81. The van der Waals surface area contributed by atoms with Crippen LogP contribution in [-0.4, -0.2) is 41.0 Å². The number of nitro groups is 1. The maximum atomic E-state index is 10.4. The summed E-state index contributed by atoms with van der Waals surface area (Å²) in [4.78, 5) is 9.82. The quantitative estimate of drug-likeness (QED) is 0.320. The Kier molecular flexibility index (Phi) is 6.99. The topological polar surface area (TPSA) is 71.9 Å². The van der Waals surface area contributed by atoms with Crippen LogP contribution in [0.2, 0.25) is 0 Å². The summed E-state index contributed by atoms with van der Waals surface area (Å²) in [5.74, 6) is 1.02. The molecule has 0 unspecified atom stereocenters. The van der Waals surface area contributed by atoms with Crippen LogP contribution in [0.25, 0.3) is 6.08 Å². The molecule has 0 atom stereocenters. The molecule has 0 fully saturated rings. The molecule has 0 aliphatic heterocycles. The Balaban J connectivity index is 2.53. The highest BCUT2D eigenvalue weighted by molar-refractivity contribution is 6.18. The van der Waals surface area contributed by atoms with Crippen molar-refractivity contribution in [1.82, 2.24) is 5.01 Å². The monoisotopic (exact) mass is 305 g/mol. The first-order valence-electron chi connectivity index (χ1n) is 5.49. The van der Waals surface area contributed by atoms with E-state index in [1.165, 1.54) is 12.1 Å². The van der Waals surface area contributed by atoms with Gasteiger partial charge >= 0.3 is 5.88 Å². The van der Waals surface area contributed by atoms with Gasteiger partial charge in [0, 0.05) is 31.1 Å². The highest BCUT2D eigenvalue weighted by Crippen LogP contribution is 2.16. The second kappa shape index (κ2) is 8.55. The van der Waals surface area contributed by atoms with Gasteiger partial charge in [-0.25, -0.2) is 0 Å². The van der Waals surface area contributed by atoms with Gasteiger partial charge in [-0.05, 0) is 18.2 Å². The van der Waals surface area contributed by atoms with Crippen LogP contribution in [0.3, 0.4) is 0 Å². The fraction of sp³-hybridized carbons (Fsp3) is 0.364. The van der Waals surface area contributed by atoms with Crippen molar-refractivity contribution in [1.29, 1.82) is 0 Å². The third kappa shape index (κ3) is 5.76. The zero-order valence-electron chi connectivity index (χ0n) is 10.0. The average Bonchev–Trinajstić information content (AvgIpc) is 2.84. The average molecular weight is 306 g/mol. The van der Waals surface area contributed by atoms with E-state index in [2.05, 4.69) is 5.10 Å². The molecule has 0 aliphatic carbocycles. The normalized spacial score (nSPS) is 11.5. The predicted molar refractivity (Wildman–Crippen MR) is 75.9 cm³/mol. The molecule has 0 bridgehead atoms. The van der Waals surface area contributed by atoms with Crippen molar-refractivity contribution in [3.8, 4) is 0 Å². The Bertz CT molecular complexity index is 454. The van der Waals surface area contributed by atoms with E-state index in [1.807, 2.05) is 0 Å². The van der Waals surface area contributed by atoms with Crippen molar-refractivity contribution in [3.63, 3.8) is 0 Å². The molecule has 1 heterocycles. The second-order valence-electron chi connectivity index (χ2n) is 3.39. The molecule has 8 heteroatoms. The van der Waals surface area contributed by atoms with Crippen LogP contribution in [0.1, 0.15) is 5.76 Å². The molecule has 0 spiro atoms. The maximum absolute atomic E-state index is 10.4. The number of nitrogens with zero attached hydrogens (tertiary/aromatic N) is 3. The van der Waals surface area contributed by atoms with Crippen molar-refractivity contribution >= 4 is 41.4 Å². The summed E-state index contributed by atoms with van der Waals surface area (Å²) >= 11 is 11.2. The van der Waals surface area contributed by atoms with E-state index in [9.17, 15) is 10.1 Å². The van der Waals surface area contributed by atoms with Crippen LogP contribution < -0.4 is 0 Å². The lowest BCUT2D eigenvalue weighted by Gasteiger charge is -2.14. The molecular weight excluding hydrogens is 293 g/mol. The van der Waals surface area contributed by atoms with Crippen LogP contribution in [0, 0.1) is 10.1 Å². The van der Waals surface area contributed by atoms with Gasteiger partial charge in [0.2, 0.25) is 0 Å². The molecule has 0 saturated carbocycles. The van der Waals surface area contributed by atoms with Gasteiger partial charge in [0.25, 0.3) is 0 Å². The zero-order chi connectivity index (χ0) is 14.1. The van der Waals surface area contributed by atoms with Crippen molar-refractivity contribution in [3.05, 3.63) is 34.1 Å². The lowest BCUT2D eigenvalue weighted by atomic mass is 10.4. The summed E-state index contributed by atoms with van der Waals surface area (Å²) in [7, 11) is 0. The number of alkyl halides is 2. The van der Waals surface area contributed by atoms with Gasteiger partial charge in [-0.15, -0.1) is 23.2 Å². The Labute approximate surface area is 120 Å². The van der Waals surface area contributed by atoms with E-state index in [1.54, 1.807) is 23.4 Å². The highest BCUT2D eigenvalue weighted by Gasteiger charge is 2.09. The van der Waals surface area contributed by atoms with E-state index in [-0.39, 0.29) is 5.88 Å². The molecule has 0 saturated heterocycles. The fourth-order valence-electron chi connectivity index (χ4n) is 1.22. The molecule has 0 radical (unpaired) electrons.